The molecule has 4 N–H and O–H groups in total. The van der Waals surface area contributed by atoms with E-state index >= 15 is 0 Å². The van der Waals surface area contributed by atoms with Gasteiger partial charge in [0.15, 0.2) is 17.0 Å². The summed E-state index contributed by atoms with van der Waals surface area (Å²) in [5.41, 5.74) is -3.20. The maximum Gasteiger partial charge on any atom is 0.261 e. The molecule has 2 amide bonds. The second-order valence-corrected chi connectivity index (χ2v) is 9.95. The van der Waals surface area contributed by atoms with E-state index in [1.165, 1.54) is 19.1 Å². The summed E-state index contributed by atoms with van der Waals surface area (Å²) in [6, 6.07) is 4.52. The molecule has 9 nitrogen and oxygen atoms in total. The lowest BCUT2D eigenvalue weighted by Gasteiger charge is -2.30. The molecule has 37 heavy (non-hydrogen) atoms. The van der Waals surface area contributed by atoms with Crippen LogP contribution in [-0.2, 0) is 35.1 Å². The monoisotopic (exact) mass is 558 g/mol. The fourth-order valence-electron chi connectivity index (χ4n) is 4.52. The fraction of sp³-hybridized carbons (Fsp3) is 0.375. The van der Waals surface area contributed by atoms with Gasteiger partial charge in [0, 0.05) is 35.3 Å². The largest absolute Gasteiger partial charge is 0.375 e. The molecule has 5 rings (SSSR count). The number of ketones is 1. The topological polar surface area (TPSA) is 134 Å². The van der Waals surface area contributed by atoms with Crippen LogP contribution in [0.2, 0.25) is 10.0 Å². The third kappa shape index (κ3) is 4.95. The van der Waals surface area contributed by atoms with Crippen LogP contribution in [0, 0.1) is 11.6 Å². The molecule has 0 radical (unpaired) electrons. The lowest BCUT2D eigenvalue weighted by molar-refractivity contribution is -0.186. The van der Waals surface area contributed by atoms with E-state index in [9.17, 15) is 33.4 Å². The molecule has 0 spiro atoms. The Balaban J connectivity index is 0.000000176. The van der Waals surface area contributed by atoms with E-state index in [2.05, 4.69) is 10.6 Å². The van der Waals surface area contributed by atoms with Crippen LogP contribution < -0.4 is 10.6 Å². The minimum atomic E-state index is -2.01. The molecule has 3 heterocycles. The van der Waals surface area contributed by atoms with Crippen molar-refractivity contribution in [1.82, 2.24) is 0 Å². The van der Waals surface area contributed by atoms with Crippen LogP contribution in [0.3, 0.4) is 0 Å². The highest BCUT2D eigenvalue weighted by atomic mass is 35.5. The third-order valence-electron chi connectivity index (χ3n) is 6.24. The lowest BCUT2D eigenvalue weighted by Crippen LogP contribution is -2.43. The van der Waals surface area contributed by atoms with Crippen molar-refractivity contribution in [2.45, 2.75) is 43.7 Å². The molecule has 0 aliphatic carbocycles. The van der Waals surface area contributed by atoms with Gasteiger partial charge in [-0.05, 0) is 38.1 Å². The number of hydrogen-bond donors (Lipinski definition) is 4. The number of benzene rings is 2. The number of anilines is 2. The summed E-state index contributed by atoms with van der Waals surface area (Å²) in [6.45, 7) is 3.65. The van der Waals surface area contributed by atoms with E-state index in [1.54, 1.807) is 6.92 Å². The predicted molar refractivity (Wildman–Crippen MR) is 128 cm³/mol. The number of Topliss-reactive ketones (excluding diaryl/α,β-unsaturated/α-hetero) is 1. The summed E-state index contributed by atoms with van der Waals surface area (Å²) in [6.07, 6.45) is -0.521. The number of rotatable bonds is 4. The first-order chi connectivity index (χ1) is 17.2. The molecule has 1 saturated heterocycles. The number of fused-ring (bicyclic) bond motifs is 2. The van der Waals surface area contributed by atoms with Gasteiger partial charge in [-0.3, -0.25) is 14.4 Å². The molecule has 2 aromatic rings. The van der Waals surface area contributed by atoms with Crippen LogP contribution in [-0.4, -0.2) is 46.8 Å². The summed E-state index contributed by atoms with van der Waals surface area (Å²) in [7, 11) is 0. The van der Waals surface area contributed by atoms with Gasteiger partial charge < -0.3 is 30.3 Å². The van der Waals surface area contributed by atoms with Crippen molar-refractivity contribution in [3.05, 3.63) is 57.1 Å². The number of aliphatic hydroxyl groups is 2. The minimum absolute atomic E-state index is 0.0413. The normalized spacial score (nSPS) is 25.1. The van der Waals surface area contributed by atoms with Gasteiger partial charge in [-0.1, -0.05) is 23.2 Å². The van der Waals surface area contributed by atoms with Crippen molar-refractivity contribution in [3.8, 4) is 0 Å². The van der Waals surface area contributed by atoms with Crippen LogP contribution >= 0.6 is 23.2 Å². The van der Waals surface area contributed by atoms with Gasteiger partial charge in [-0.25, -0.2) is 8.78 Å². The van der Waals surface area contributed by atoms with Gasteiger partial charge in [0.25, 0.3) is 11.8 Å². The van der Waals surface area contributed by atoms with Crippen molar-refractivity contribution in [2.24, 2.45) is 0 Å². The molecule has 3 aliphatic heterocycles. The minimum Gasteiger partial charge on any atom is -0.375 e. The van der Waals surface area contributed by atoms with Crippen molar-refractivity contribution in [2.75, 3.05) is 23.8 Å². The van der Waals surface area contributed by atoms with Crippen LogP contribution in [0.5, 0.6) is 0 Å². The maximum absolute atomic E-state index is 13.6. The Morgan fingerprint density at radius 1 is 0.919 bits per heavy atom. The van der Waals surface area contributed by atoms with Crippen LogP contribution in [0.25, 0.3) is 0 Å². The Kier molecular flexibility index (Phi) is 7.08. The number of halogens is 4. The highest BCUT2D eigenvalue weighted by Crippen LogP contribution is 2.44. The lowest BCUT2D eigenvalue weighted by atomic mass is 9.88. The maximum atomic E-state index is 13.6. The number of nitrogens with one attached hydrogen (secondary N) is 2. The molecule has 198 valence electrons. The zero-order valence-corrected chi connectivity index (χ0v) is 21.1. The quantitative estimate of drug-likeness (QED) is 0.452. The number of hydrogen-bond acceptors (Lipinski definition) is 7. The van der Waals surface area contributed by atoms with E-state index in [1.807, 2.05) is 0 Å². The van der Waals surface area contributed by atoms with E-state index in [-0.39, 0.29) is 39.1 Å². The van der Waals surface area contributed by atoms with Crippen LogP contribution in [0.4, 0.5) is 20.2 Å². The molecule has 0 aromatic heterocycles. The van der Waals surface area contributed by atoms with Gasteiger partial charge in [0.2, 0.25) is 0 Å². The van der Waals surface area contributed by atoms with Crippen LogP contribution in [0.15, 0.2) is 24.3 Å². The zero-order chi connectivity index (χ0) is 27.3. The summed E-state index contributed by atoms with van der Waals surface area (Å²) in [5.74, 6) is -4.28. The van der Waals surface area contributed by atoms with Crippen molar-refractivity contribution >= 4 is 52.2 Å². The van der Waals surface area contributed by atoms with Gasteiger partial charge in [-0.2, -0.15) is 0 Å². The number of carbonyl (C=O) groups excluding carboxylic acids is 3. The molecule has 1 fully saturated rings. The van der Waals surface area contributed by atoms with Gasteiger partial charge in [0.05, 0.1) is 23.3 Å². The third-order valence-corrected chi connectivity index (χ3v) is 6.82. The second-order valence-electron chi connectivity index (χ2n) is 9.14. The first kappa shape index (κ1) is 27.4. The summed E-state index contributed by atoms with van der Waals surface area (Å²) in [5, 5.41) is 25.4. The Morgan fingerprint density at radius 3 is 1.81 bits per heavy atom. The average molecular weight is 559 g/mol. The fourth-order valence-corrected chi connectivity index (χ4v) is 4.84. The van der Waals surface area contributed by atoms with E-state index < -0.39 is 46.9 Å². The molecular formula is C24H22Cl2F2N2O7. The molecule has 2 aromatic carbocycles. The number of amides is 2. The summed E-state index contributed by atoms with van der Waals surface area (Å²) in [4.78, 5) is 34.8. The molecule has 0 saturated carbocycles. The van der Waals surface area contributed by atoms with Gasteiger partial charge >= 0.3 is 0 Å². The first-order valence-electron chi connectivity index (χ1n) is 11.0. The number of ether oxygens (including phenoxy) is 2. The molecular weight excluding hydrogens is 537 g/mol. The Bertz CT molecular complexity index is 1320. The standard InChI is InChI=1S/C13H13ClFNO4.C11H9ClFNO3/c1-12(19-2-3-20-12)6-13(18)7-4-9(15)8(14)5-10(7)16-11(13)17;1-5(15)4-11(17)6-2-8(13)7(12)3-9(6)14-10(11)16/h4-5,18H,2-3,6H2,1H3,(H,16,17);2-3,17H,4H2,1H3,(H,14,16). The van der Waals surface area contributed by atoms with E-state index in [0.717, 1.165) is 12.1 Å². The highest BCUT2D eigenvalue weighted by Gasteiger charge is 2.52. The molecule has 3 aliphatic rings. The van der Waals surface area contributed by atoms with E-state index in [0.29, 0.717) is 18.9 Å². The average Bonchev–Trinajstić information content (AvgIpc) is 3.39. The zero-order valence-electron chi connectivity index (χ0n) is 19.6. The number of carbonyl (C=O) groups is 3. The molecule has 2 unspecified atom stereocenters. The Morgan fingerprint density at radius 2 is 1.35 bits per heavy atom. The summed E-state index contributed by atoms with van der Waals surface area (Å²) < 4.78 is 37.7. The first-order valence-corrected chi connectivity index (χ1v) is 11.8. The van der Waals surface area contributed by atoms with Gasteiger partial charge in [-0.15, -0.1) is 0 Å². The predicted octanol–water partition coefficient (Wildman–Crippen LogP) is 3.37. The molecule has 0 bridgehead atoms. The second kappa shape index (κ2) is 9.57. The van der Waals surface area contributed by atoms with Crippen molar-refractivity contribution in [1.29, 1.82) is 0 Å². The SMILES string of the molecule is CC(=O)CC1(O)C(=O)Nc2cc(Cl)c(F)cc21.CC1(CC2(O)C(=O)Nc3cc(Cl)c(F)cc32)OCCO1. The Labute approximate surface area is 219 Å². The van der Waals surface area contributed by atoms with Crippen molar-refractivity contribution < 1.29 is 42.9 Å². The summed E-state index contributed by atoms with van der Waals surface area (Å²) >= 11 is 11.2. The van der Waals surface area contributed by atoms with E-state index in [4.69, 9.17) is 32.7 Å². The highest BCUT2D eigenvalue weighted by molar-refractivity contribution is 6.31. The smallest absolute Gasteiger partial charge is 0.261 e. The molecule has 2 atom stereocenters. The van der Waals surface area contributed by atoms with Crippen LogP contribution in [0.1, 0.15) is 37.8 Å². The molecule has 13 heteroatoms. The Hall–Kier alpha value is -2.67. The van der Waals surface area contributed by atoms with Gasteiger partial charge in [0.1, 0.15) is 17.4 Å². The van der Waals surface area contributed by atoms with Crippen molar-refractivity contribution in [3.63, 3.8) is 0 Å².